The molecule has 1 unspecified atom stereocenters. The Balaban J connectivity index is 2.11. The lowest BCUT2D eigenvalue weighted by Crippen LogP contribution is -2.40. The van der Waals surface area contributed by atoms with Gasteiger partial charge in [-0.25, -0.2) is 4.98 Å². The molecule has 1 N–H and O–H groups in total. The van der Waals surface area contributed by atoms with E-state index in [1.54, 1.807) is 18.0 Å². The Morgan fingerprint density at radius 2 is 2.30 bits per heavy atom. The summed E-state index contributed by atoms with van der Waals surface area (Å²) < 4.78 is 0. The number of hydrogen-bond acceptors (Lipinski definition) is 3. The number of carbonyl (C=O) groups is 2. The number of amides is 2. The van der Waals surface area contributed by atoms with Crippen LogP contribution in [0.25, 0.3) is 0 Å². The fourth-order valence-corrected chi connectivity index (χ4v) is 2.49. The van der Waals surface area contributed by atoms with Crippen molar-refractivity contribution in [3.05, 3.63) is 28.5 Å². The number of likely N-dealkylation sites (tertiary alicyclic amines) is 1. The van der Waals surface area contributed by atoms with E-state index in [9.17, 15) is 9.59 Å². The summed E-state index contributed by atoms with van der Waals surface area (Å²) in [7, 11) is 1.73. The number of hydrogen-bond donors (Lipinski definition) is 1. The highest BCUT2D eigenvalue weighted by Gasteiger charge is 2.30. The number of nitrogens with one attached hydrogen (secondary N) is 1. The van der Waals surface area contributed by atoms with E-state index in [0.717, 1.165) is 18.5 Å². The highest BCUT2D eigenvalue weighted by molar-refractivity contribution is 6.29. The van der Waals surface area contributed by atoms with E-state index in [1.165, 1.54) is 6.07 Å². The van der Waals surface area contributed by atoms with Crippen LogP contribution in [0, 0.1) is 0 Å². The van der Waals surface area contributed by atoms with Crippen LogP contribution in [-0.2, 0) is 11.2 Å². The minimum Gasteiger partial charge on any atom is -0.344 e. The number of carbonyl (C=O) groups excluding carboxylic acids is 2. The van der Waals surface area contributed by atoms with Gasteiger partial charge in [-0.2, -0.15) is 0 Å². The number of halogens is 1. The van der Waals surface area contributed by atoms with Gasteiger partial charge in [-0.3, -0.25) is 9.59 Å². The molecule has 6 heteroatoms. The van der Waals surface area contributed by atoms with Crippen molar-refractivity contribution >= 4 is 23.4 Å². The van der Waals surface area contributed by atoms with E-state index in [-0.39, 0.29) is 11.8 Å². The minimum absolute atomic E-state index is 0.0488. The first-order chi connectivity index (χ1) is 9.51. The number of rotatable bonds is 4. The van der Waals surface area contributed by atoms with E-state index < -0.39 is 6.04 Å². The Hall–Kier alpha value is -1.62. The molecule has 0 bridgehead atoms. The molecule has 2 heterocycles. The van der Waals surface area contributed by atoms with Crippen LogP contribution in [0.4, 0.5) is 0 Å². The summed E-state index contributed by atoms with van der Waals surface area (Å²) in [5.41, 5.74) is 1.25. The van der Waals surface area contributed by atoms with Gasteiger partial charge in [0.1, 0.15) is 11.2 Å². The summed E-state index contributed by atoms with van der Waals surface area (Å²) in [6, 6.07) is 2.82. The van der Waals surface area contributed by atoms with E-state index in [4.69, 9.17) is 11.6 Å². The second-order valence-corrected chi connectivity index (χ2v) is 5.38. The molecule has 5 nitrogen and oxygen atoms in total. The number of pyridine rings is 1. The smallest absolute Gasteiger partial charge is 0.252 e. The third-order valence-electron chi connectivity index (χ3n) is 3.35. The summed E-state index contributed by atoms with van der Waals surface area (Å²) in [4.78, 5) is 29.8. The maximum atomic E-state index is 12.2. The molecule has 1 aromatic heterocycles. The van der Waals surface area contributed by atoms with Crippen LogP contribution >= 0.6 is 11.6 Å². The molecule has 0 aliphatic carbocycles. The van der Waals surface area contributed by atoms with Crippen LogP contribution in [-0.4, -0.2) is 41.3 Å². The summed E-state index contributed by atoms with van der Waals surface area (Å²) in [5, 5.41) is 3.06. The number of likely N-dealkylation sites (N-methyl/N-ethyl adjacent to an activating group) is 1. The normalized spacial score (nSPS) is 18.4. The largest absolute Gasteiger partial charge is 0.344 e. The Kier molecular flexibility index (Phi) is 4.60. The molecule has 1 saturated heterocycles. The molecule has 1 atom stereocenters. The Morgan fingerprint density at radius 1 is 1.55 bits per heavy atom. The second kappa shape index (κ2) is 6.22. The standard InChI is InChI=1S/C14H18ClN3O2/c1-3-4-10-7-9(8-12(15)16-10)13(19)17-11-5-6-18(2)14(11)20/h7-8,11H,3-6H2,1-2H3,(H,17,19). The zero-order valence-corrected chi connectivity index (χ0v) is 12.4. The molecule has 1 aromatic rings. The van der Waals surface area contributed by atoms with Crippen molar-refractivity contribution in [2.45, 2.75) is 32.2 Å². The summed E-state index contributed by atoms with van der Waals surface area (Å²) in [6.45, 7) is 2.71. The number of aromatic nitrogens is 1. The predicted octanol–water partition coefficient (Wildman–Crippen LogP) is 1.65. The van der Waals surface area contributed by atoms with E-state index in [2.05, 4.69) is 10.3 Å². The molecule has 0 spiro atoms. The number of aryl methyl sites for hydroxylation is 1. The van der Waals surface area contributed by atoms with Gasteiger partial charge >= 0.3 is 0 Å². The average Bonchev–Trinajstić information content (AvgIpc) is 2.70. The van der Waals surface area contributed by atoms with Crippen molar-refractivity contribution in [1.82, 2.24) is 15.2 Å². The lowest BCUT2D eigenvalue weighted by Gasteiger charge is -2.12. The first kappa shape index (κ1) is 14.8. The quantitative estimate of drug-likeness (QED) is 0.859. The highest BCUT2D eigenvalue weighted by atomic mass is 35.5. The summed E-state index contributed by atoms with van der Waals surface area (Å²) >= 11 is 5.93. The highest BCUT2D eigenvalue weighted by Crippen LogP contribution is 2.14. The monoisotopic (exact) mass is 295 g/mol. The van der Waals surface area contributed by atoms with Gasteiger partial charge in [0.15, 0.2) is 0 Å². The predicted molar refractivity (Wildman–Crippen MR) is 76.8 cm³/mol. The zero-order valence-electron chi connectivity index (χ0n) is 11.6. The fraction of sp³-hybridized carbons (Fsp3) is 0.500. The maximum absolute atomic E-state index is 12.2. The van der Waals surface area contributed by atoms with Crippen LogP contribution in [0.3, 0.4) is 0 Å². The van der Waals surface area contributed by atoms with Gasteiger partial charge in [-0.1, -0.05) is 24.9 Å². The van der Waals surface area contributed by atoms with Gasteiger partial charge in [0.25, 0.3) is 5.91 Å². The van der Waals surface area contributed by atoms with Crippen molar-refractivity contribution in [2.75, 3.05) is 13.6 Å². The molecule has 0 saturated carbocycles. The molecule has 20 heavy (non-hydrogen) atoms. The third kappa shape index (κ3) is 3.28. The topological polar surface area (TPSA) is 62.3 Å². The van der Waals surface area contributed by atoms with Crippen molar-refractivity contribution < 1.29 is 9.59 Å². The lowest BCUT2D eigenvalue weighted by molar-refractivity contribution is -0.128. The van der Waals surface area contributed by atoms with Crippen molar-refractivity contribution in [3.8, 4) is 0 Å². The molecule has 1 aliphatic rings. The lowest BCUT2D eigenvalue weighted by atomic mass is 10.1. The fourth-order valence-electron chi connectivity index (χ4n) is 2.26. The maximum Gasteiger partial charge on any atom is 0.252 e. The molecule has 108 valence electrons. The first-order valence-corrected chi connectivity index (χ1v) is 7.11. The molecule has 2 amide bonds. The van der Waals surface area contributed by atoms with Gasteiger partial charge in [-0.15, -0.1) is 0 Å². The zero-order chi connectivity index (χ0) is 14.7. The first-order valence-electron chi connectivity index (χ1n) is 6.73. The Morgan fingerprint density at radius 3 is 2.90 bits per heavy atom. The summed E-state index contributed by atoms with van der Waals surface area (Å²) in [5.74, 6) is -0.326. The van der Waals surface area contributed by atoms with Gasteiger partial charge in [0.05, 0.1) is 0 Å². The molecular weight excluding hydrogens is 278 g/mol. The van der Waals surface area contributed by atoms with Crippen molar-refractivity contribution in [3.63, 3.8) is 0 Å². The van der Waals surface area contributed by atoms with Gasteiger partial charge < -0.3 is 10.2 Å². The van der Waals surface area contributed by atoms with Gasteiger partial charge in [0, 0.05) is 24.8 Å². The van der Waals surface area contributed by atoms with Crippen LogP contribution in [0.2, 0.25) is 5.15 Å². The third-order valence-corrected chi connectivity index (χ3v) is 3.54. The Bertz CT molecular complexity index is 533. The van der Waals surface area contributed by atoms with Crippen LogP contribution in [0.5, 0.6) is 0 Å². The molecule has 1 fully saturated rings. The molecule has 0 aromatic carbocycles. The second-order valence-electron chi connectivity index (χ2n) is 4.99. The molecular formula is C14H18ClN3O2. The number of nitrogens with zero attached hydrogens (tertiary/aromatic N) is 2. The minimum atomic E-state index is -0.436. The van der Waals surface area contributed by atoms with Crippen LogP contribution < -0.4 is 5.32 Å². The van der Waals surface area contributed by atoms with E-state index in [0.29, 0.717) is 23.7 Å². The van der Waals surface area contributed by atoms with Crippen LogP contribution in [0.15, 0.2) is 12.1 Å². The molecule has 1 aliphatic heterocycles. The van der Waals surface area contributed by atoms with Crippen molar-refractivity contribution in [1.29, 1.82) is 0 Å². The summed E-state index contributed by atoms with van der Waals surface area (Å²) in [6.07, 6.45) is 2.34. The van der Waals surface area contributed by atoms with Gasteiger partial charge in [-0.05, 0) is 25.0 Å². The van der Waals surface area contributed by atoms with Gasteiger partial charge in [0.2, 0.25) is 5.91 Å². The average molecular weight is 296 g/mol. The van der Waals surface area contributed by atoms with Crippen LogP contribution in [0.1, 0.15) is 35.8 Å². The van der Waals surface area contributed by atoms with Crippen molar-refractivity contribution in [2.24, 2.45) is 0 Å². The van der Waals surface area contributed by atoms with E-state index in [1.807, 2.05) is 6.92 Å². The Labute approximate surface area is 123 Å². The molecule has 2 rings (SSSR count). The van der Waals surface area contributed by atoms with E-state index >= 15 is 0 Å². The molecule has 0 radical (unpaired) electrons. The SMILES string of the molecule is CCCc1cc(C(=O)NC2CCN(C)C2=O)cc(Cl)n1.